The van der Waals surface area contributed by atoms with Gasteiger partial charge >= 0.3 is 0 Å². The minimum absolute atomic E-state index is 0.428. The van der Waals surface area contributed by atoms with Crippen molar-refractivity contribution in [3.8, 4) is 5.75 Å². The molecule has 0 aromatic heterocycles. The summed E-state index contributed by atoms with van der Waals surface area (Å²) in [4.78, 5) is 0. The van der Waals surface area contributed by atoms with E-state index >= 15 is 0 Å². The lowest BCUT2D eigenvalue weighted by Gasteiger charge is -2.14. The van der Waals surface area contributed by atoms with Crippen LogP contribution in [0.1, 0.15) is 22.8 Å². The van der Waals surface area contributed by atoms with Gasteiger partial charge in [-0.15, -0.1) is 0 Å². The fraction of sp³-hybridized carbons (Fsp3) is 0.200. The molecule has 4 heteroatoms. The Morgan fingerprint density at radius 2 is 1.63 bits per heavy atom. The first-order chi connectivity index (χ1) is 9.02. The van der Waals surface area contributed by atoms with Gasteiger partial charge in [0, 0.05) is 0 Å². The fourth-order valence-electron chi connectivity index (χ4n) is 1.88. The molecule has 1 atom stereocenters. The first-order valence-corrected chi connectivity index (χ1v) is 6.56. The van der Waals surface area contributed by atoms with E-state index in [4.69, 9.17) is 27.9 Å². The second-order valence-electron chi connectivity index (χ2n) is 4.31. The molecule has 0 saturated carbocycles. The third-order valence-electron chi connectivity index (χ3n) is 3.01. The lowest BCUT2D eigenvalue weighted by Crippen LogP contribution is -2.01. The molecule has 0 heterocycles. The van der Waals surface area contributed by atoms with Gasteiger partial charge in [-0.3, -0.25) is 0 Å². The lowest BCUT2D eigenvalue weighted by molar-refractivity contribution is 0.220. The molecule has 100 valence electrons. The van der Waals surface area contributed by atoms with E-state index in [0.29, 0.717) is 15.6 Å². The zero-order valence-corrected chi connectivity index (χ0v) is 12.2. The van der Waals surface area contributed by atoms with E-state index in [1.807, 2.05) is 25.1 Å². The maximum Gasteiger partial charge on any atom is 0.122 e. The van der Waals surface area contributed by atoms with Crippen molar-refractivity contribution in [3.63, 3.8) is 0 Å². The SMILES string of the molecule is COc1cc(C(O)c2ccc(Cl)c(Cl)c2)ccc1C. The molecule has 19 heavy (non-hydrogen) atoms. The van der Waals surface area contributed by atoms with E-state index in [1.165, 1.54) is 0 Å². The van der Waals surface area contributed by atoms with Crippen molar-refractivity contribution in [2.75, 3.05) is 7.11 Å². The van der Waals surface area contributed by atoms with E-state index in [2.05, 4.69) is 0 Å². The quantitative estimate of drug-likeness (QED) is 0.910. The summed E-state index contributed by atoms with van der Waals surface area (Å²) in [6, 6.07) is 10.7. The van der Waals surface area contributed by atoms with Crippen LogP contribution in [0.5, 0.6) is 5.75 Å². The molecule has 0 fully saturated rings. The molecule has 0 bridgehead atoms. The summed E-state index contributed by atoms with van der Waals surface area (Å²) in [5.41, 5.74) is 2.47. The minimum atomic E-state index is -0.760. The second kappa shape index (κ2) is 5.83. The van der Waals surface area contributed by atoms with Crippen LogP contribution in [0, 0.1) is 6.92 Å². The van der Waals surface area contributed by atoms with Gasteiger partial charge in [-0.1, -0.05) is 41.4 Å². The highest BCUT2D eigenvalue weighted by Gasteiger charge is 2.13. The maximum absolute atomic E-state index is 10.4. The van der Waals surface area contributed by atoms with E-state index in [-0.39, 0.29) is 0 Å². The molecule has 2 rings (SSSR count). The van der Waals surface area contributed by atoms with Crippen LogP contribution in [0.15, 0.2) is 36.4 Å². The highest BCUT2D eigenvalue weighted by Crippen LogP contribution is 2.31. The molecular formula is C15H14Cl2O2. The molecular weight excluding hydrogens is 283 g/mol. The number of hydrogen-bond donors (Lipinski definition) is 1. The van der Waals surface area contributed by atoms with Crippen molar-refractivity contribution < 1.29 is 9.84 Å². The molecule has 0 saturated heterocycles. The van der Waals surface area contributed by atoms with E-state index in [9.17, 15) is 5.11 Å². The number of aliphatic hydroxyl groups excluding tert-OH is 1. The summed E-state index contributed by atoms with van der Waals surface area (Å²) in [7, 11) is 1.61. The minimum Gasteiger partial charge on any atom is -0.496 e. The van der Waals surface area contributed by atoms with Gasteiger partial charge < -0.3 is 9.84 Å². The Hall–Kier alpha value is -1.22. The van der Waals surface area contributed by atoms with Crippen molar-refractivity contribution in [2.45, 2.75) is 13.0 Å². The average Bonchev–Trinajstić information content (AvgIpc) is 2.41. The lowest BCUT2D eigenvalue weighted by atomic mass is 10.00. The first-order valence-electron chi connectivity index (χ1n) is 5.80. The van der Waals surface area contributed by atoms with Gasteiger partial charge in [0.05, 0.1) is 17.2 Å². The predicted molar refractivity (Wildman–Crippen MR) is 78.3 cm³/mol. The Morgan fingerprint density at radius 3 is 2.26 bits per heavy atom. The van der Waals surface area contributed by atoms with Gasteiger partial charge in [0.15, 0.2) is 0 Å². The summed E-state index contributed by atoms with van der Waals surface area (Å²) >= 11 is 11.8. The van der Waals surface area contributed by atoms with Gasteiger partial charge in [0.2, 0.25) is 0 Å². The van der Waals surface area contributed by atoms with Crippen molar-refractivity contribution in [3.05, 3.63) is 63.1 Å². The number of halogens is 2. The van der Waals surface area contributed by atoms with E-state index in [0.717, 1.165) is 16.9 Å². The topological polar surface area (TPSA) is 29.5 Å². The average molecular weight is 297 g/mol. The zero-order chi connectivity index (χ0) is 14.0. The third kappa shape index (κ3) is 3.03. The van der Waals surface area contributed by atoms with Crippen molar-refractivity contribution >= 4 is 23.2 Å². The van der Waals surface area contributed by atoms with Crippen LogP contribution in [-0.4, -0.2) is 12.2 Å². The summed E-state index contributed by atoms with van der Waals surface area (Å²) in [6.45, 7) is 1.95. The molecule has 1 unspecified atom stereocenters. The van der Waals surface area contributed by atoms with Gasteiger partial charge in [0.25, 0.3) is 0 Å². The van der Waals surface area contributed by atoms with Crippen LogP contribution in [0.3, 0.4) is 0 Å². The van der Waals surface area contributed by atoms with Crippen molar-refractivity contribution in [1.82, 2.24) is 0 Å². The molecule has 0 spiro atoms. The number of aliphatic hydroxyl groups is 1. The molecule has 2 aromatic rings. The molecule has 1 N–H and O–H groups in total. The number of rotatable bonds is 3. The highest BCUT2D eigenvalue weighted by molar-refractivity contribution is 6.42. The fourth-order valence-corrected chi connectivity index (χ4v) is 2.19. The number of aryl methyl sites for hydroxylation is 1. The van der Waals surface area contributed by atoms with E-state index < -0.39 is 6.10 Å². The largest absolute Gasteiger partial charge is 0.496 e. The van der Waals surface area contributed by atoms with Gasteiger partial charge in [-0.05, 0) is 41.8 Å². The monoisotopic (exact) mass is 296 g/mol. The Morgan fingerprint density at radius 1 is 1.00 bits per heavy atom. The molecule has 0 aliphatic heterocycles. The second-order valence-corrected chi connectivity index (χ2v) is 5.12. The number of ether oxygens (including phenoxy) is 1. The molecule has 0 radical (unpaired) electrons. The van der Waals surface area contributed by atoms with Crippen LogP contribution in [0.2, 0.25) is 10.0 Å². The number of benzene rings is 2. The van der Waals surface area contributed by atoms with Crippen LogP contribution in [0.4, 0.5) is 0 Å². The van der Waals surface area contributed by atoms with Crippen molar-refractivity contribution in [1.29, 1.82) is 0 Å². The Balaban J connectivity index is 2.37. The van der Waals surface area contributed by atoms with Crippen LogP contribution in [-0.2, 0) is 0 Å². The predicted octanol–water partition coefficient (Wildman–Crippen LogP) is 4.39. The standard InChI is InChI=1S/C15H14Cl2O2/c1-9-3-4-11(8-14(9)19-2)15(18)10-5-6-12(16)13(17)7-10/h3-8,15,18H,1-2H3. The molecule has 2 nitrogen and oxygen atoms in total. The van der Waals surface area contributed by atoms with Crippen LogP contribution < -0.4 is 4.74 Å². The van der Waals surface area contributed by atoms with Gasteiger partial charge in [0.1, 0.15) is 11.9 Å². The maximum atomic E-state index is 10.4. The molecule has 0 amide bonds. The van der Waals surface area contributed by atoms with Crippen LogP contribution >= 0.6 is 23.2 Å². The summed E-state index contributed by atoms with van der Waals surface area (Å²) in [6.07, 6.45) is -0.760. The summed E-state index contributed by atoms with van der Waals surface area (Å²) in [5, 5.41) is 11.3. The third-order valence-corrected chi connectivity index (χ3v) is 3.75. The van der Waals surface area contributed by atoms with Crippen molar-refractivity contribution in [2.24, 2.45) is 0 Å². The summed E-state index contributed by atoms with van der Waals surface area (Å²) in [5.74, 6) is 0.747. The van der Waals surface area contributed by atoms with E-state index in [1.54, 1.807) is 25.3 Å². The zero-order valence-electron chi connectivity index (χ0n) is 10.7. The Labute approximate surface area is 122 Å². The summed E-state index contributed by atoms with van der Waals surface area (Å²) < 4.78 is 5.26. The highest BCUT2D eigenvalue weighted by atomic mass is 35.5. The molecule has 0 aliphatic carbocycles. The molecule has 0 aliphatic rings. The Bertz CT molecular complexity index is 597. The number of methoxy groups -OCH3 is 1. The van der Waals surface area contributed by atoms with Gasteiger partial charge in [-0.2, -0.15) is 0 Å². The Kier molecular flexibility index (Phi) is 4.35. The normalized spacial score (nSPS) is 12.3. The van der Waals surface area contributed by atoms with Gasteiger partial charge in [-0.25, -0.2) is 0 Å². The smallest absolute Gasteiger partial charge is 0.122 e. The van der Waals surface area contributed by atoms with Crippen LogP contribution in [0.25, 0.3) is 0 Å². The first kappa shape index (κ1) is 14.2. The number of hydrogen-bond acceptors (Lipinski definition) is 2. The molecule has 2 aromatic carbocycles.